The van der Waals surface area contributed by atoms with E-state index in [2.05, 4.69) is 54.8 Å². The number of hydrogen-bond donors (Lipinski definition) is 0. The molecule has 0 radical (unpaired) electrons. The molecule has 0 amide bonds. The molecule has 7 aliphatic carbocycles. The average molecular weight is 488 g/mol. The number of nitrogens with zero attached hydrogens (tertiary/aromatic N) is 1. The second kappa shape index (κ2) is 4.40. The van der Waals surface area contributed by atoms with Gasteiger partial charge in [0, 0.05) is 41.3 Å². The molecular weight excluding hydrogens is 470 g/mol. The van der Waals surface area contributed by atoms with Crippen LogP contribution in [0.2, 0.25) is 0 Å². The lowest BCUT2D eigenvalue weighted by atomic mass is 9.65. The summed E-state index contributed by atoms with van der Waals surface area (Å²) in [7, 11) is 0. The third kappa shape index (κ3) is 1.20. The van der Waals surface area contributed by atoms with Gasteiger partial charge in [-0.3, -0.25) is 4.99 Å². The van der Waals surface area contributed by atoms with Gasteiger partial charge in [-0.25, -0.2) is 0 Å². The predicted molar refractivity (Wildman–Crippen MR) is 159 cm³/mol. The second-order valence-electron chi connectivity index (χ2n) is 13.9. The van der Waals surface area contributed by atoms with Crippen molar-refractivity contribution in [1.82, 2.24) is 0 Å². The van der Waals surface area contributed by atoms with Crippen molar-refractivity contribution < 1.29 is 0 Å². The molecule has 0 saturated heterocycles. The van der Waals surface area contributed by atoms with Crippen molar-refractivity contribution in [2.45, 2.75) is 24.2 Å². The van der Waals surface area contributed by atoms with Crippen molar-refractivity contribution in [3.8, 4) is 0 Å². The Hall–Kier alpha value is -4.23. The van der Waals surface area contributed by atoms with Crippen LogP contribution < -0.4 is 5.22 Å². The van der Waals surface area contributed by atoms with Crippen LogP contribution in [0.1, 0.15) is 56.7 Å². The third-order valence-corrected chi connectivity index (χ3v) is 13.3. The van der Waals surface area contributed by atoms with E-state index in [1.807, 2.05) is 5.57 Å². The van der Waals surface area contributed by atoms with Crippen LogP contribution in [0, 0.1) is 17.8 Å². The Balaban J connectivity index is 1.47. The molecule has 1 aliphatic heterocycles. The second-order valence-corrected chi connectivity index (χ2v) is 13.9. The van der Waals surface area contributed by atoms with E-state index in [-0.39, 0.29) is 0 Å². The summed E-state index contributed by atoms with van der Waals surface area (Å²) in [5.74, 6) is 3.51. The first-order valence-corrected chi connectivity index (χ1v) is 14.9. The summed E-state index contributed by atoms with van der Waals surface area (Å²) < 4.78 is 0. The lowest BCUT2D eigenvalue weighted by Crippen LogP contribution is -2.31. The zero-order valence-corrected chi connectivity index (χ0v) is 20.8. The van der Waals surface area contributed by atoms with Gasteiger partial charge in [0.15, 0.2) is 0 Å². The highest BCUT2D eigenvalue weighted by Crippen LogP contribution is 2.72. The highest BCUT2D eigenvalue weighted by molar-refractivity contribution is 6.47. The van der Waals surface area contributed by atoms with Crippen LogP contribution >= 0.6 is 0 Å². The van der Waals surface area contributed by atoms with Crippen LogP contribution in [0.25, 0.3) is 76.3 Å². The Morgan fingerprint density at radius 3 is 2.49 bits per heavy atom. The Kier molecular flexibility index (Phi) is 1.88. The predicted octanol–water partition coefficient (Wildman–Crippen LogP) is 8.07. The van der Waals surface area contributed by atoms with E-state index >= 15 is 0 Å². The molecule has 8 aliphatic rings. The van der Waals surface area contributed by atoms with Gasteiger partial charge in [0.2, 0.25) is 0 Å². The molecule has 6 atom stereocenters. The molecule has 1 heteroatoms. The maximum atomic E-state index is 5.32. The molecule has 6 unspecified atom stereocenters. The van der Waals surface area contributed by atoms with Gasteiger partial charge >= 0.3 is 0 Å². The molecule has 0 aromatic heterocycles. The number of fused-ring (bicyclic) bond motifs is 4. The fourth-order valence-electron chi connectivity index (χ4n) is 12.6. The van der Waals surface area contributed by atoms with Gasteiger partial charge in [0.05, 0.1) is 5.69 Å². The Bertz CT molecular complexity index is 2760. The van der Waals surface area contributed by atoms with E-state index < -0.39 is 0 Å². The molecule has 0 spiro atoms. The molecule has 15 rings (SSSR count). The summed E-state index contributed by atoms with van der Waals surface area (Å²) in [6.07, 6.45) is 13.8. The van der Waals surface area contributed by atoms with E-state index in [0.29, 0.717) is 35.5 Å². The molecule has 39 heavy (non-hydrogen) atoms. The van der Waals surface area contributed by atoms with Crippen LogP contribution in [-0.4, -0.2) is 6.21 Å². The molecule has 0 N–H and O–H groups in total. The molecule has 1 saturated carbocycles. The fraction of sp³-hybridized carbons (Fsp3) is 0.184. The molecular formula is C38H17N. The van der Waals surface area contributed by atoms with Gasteiger partial charge in [-0.15, -0.1) is 0 Å². The van der Waals surface area contributed by atoms with Crippen LogP contribution in [0.3, 0.4) is 0 Å². The van der Waals surface area contributed by atoms with E-state index in [1.54, 1.807) is 87.1 Å². The lowest BCUT2D eigenvalue weighted by Gasteiger charge is -2.37. The number of allylic oxidation sites excluding steroid dienone is 3. The van der Waals surface area contributed by atoms with Gasteiger partial charge in [-0.05, 0) is 127 Å². The van der Waals surface area contributed by atoms with Crippen molar-refractivity contribution in [1.29, 1.82) is 0 Å². The minimum absolute atomic E-state index is 0.512. The Morgan fingerprint density at radius 2 is 1.51 bits per heavy atom. The fourth-order valence-corrected chi connectivity index (χ4v) is 12.6. The summed E-state index contributed by atoms with van der Waals surface area (Å²) in [5.41, 5.74) is 14.1. The first-order chi connectivity index (χ1) is 19.4. The number of aliphatic imine (C=N–C) groups is 1. The van der Waals surface area contributed by atoms with E-state index in [0.717, 1.165) is 6.42 Å². The standard InChI is InChI=1S/C38H17N/c1-2-14-13-3-4-15-16-7-8-21-22-19-9-18-20(10-39-21)17-6-5-11-12(1)28-29(14)34-27(13)26(15)32(23(16)22)36-31(19)35-30(18)24(17)25(11)33(28)37(35)38(34)36/h1-8,10,13-15,26-27,29H,9H2/b20-10?,39-10-,39-21?. The van der Waals surface area contributed by atoms with Crippen molar-refractivity contribution in [3.63, 3.8) is 0 Å². The molecule has 1 fully saturated rings. The van der Waals surface area contributed by atoms with Crippen molar-refractivity contribution >= 4 is 88.2 Å². The molecule has 174 valence electrons. The molecule has 7 aromatic carbocycles. The van der Waals surface area contributed by atoms with Crippen LogP contribution in [-0.2, 0) is 6.42 Å². The summed E-state index contributed by atoms with van der Waals surface area (Å²) in [6.45, 7) is 0. The van der Waals surface area contributed by atoms with Gasteiger partial charge in [-0.1, -0.05) is 42.5 Å². The Morgan fingerprint density at radius 1 is 0.615 bits per heavy atom. The zero-order valence-electron chi connectivity index (χ0n) is 20.8. The maximum absolute atomic E-state index is 5.32. The quantitative estimate of drug-likeness (QED) is 0.192. The molecule has 7 aromatic rings. The number of rotatable bonds is 0. The van der Waals surface area contributed by atoms with Gasteiger partial charge in [-0.2, -0.15) is 0 Å². The largest absolute Gasteiger partial charge is 0.256 e. The monoisotopic (exact) mass is 487 g/mol. The van der Waals surface area contributed by atoms with Gasteiger partial charge in [0.25, 0.3) is 0 Å². The van der Waals surface area contributed by atoms with Crippen LogP contribution in [0.5, 0.6) is 0 Å². The van der Waals surface area contributed by atoms with Crippen LogP contribution in [0.15, 0.2) is 47.5 Å². The lowest BCUT2D eigenvalue weighted by molar-refractivity contribution is 0.355. The van der Waals surface area contributed by atoms with E-state index in [4.69, 9.17) is 4.99 Å². The third-order valence-electron chi connectivity index (χ3n) is 13.3. The number of hydrogen-bond acceptors (Lipinski definition) is 1. The van der Waals surface area contributed by atoms with Crippen molar-refractivity contribution in [3.05, 3.63) is 86.7 Å². The summed E-state index contributed by atoms with van der Waals surface area (Å²) in [4.78, 5) is 5.32. The summed E-state index contributed by atoms with van der Waals surface area (Å²) >= 11 is 0. The average Bonchev–Trinajstić information content (AvgIpc) is 3.72. The molecule has 1 heterocycles. The molecule has 2 bridgehead atoms. The highest BCUT2D eigenvalue weighted by Gasteiger charge is 2.59. The maximum Gasteiger partial charge on any atom is 0.0711 e. The first kappa shape index (κ1) is 16.7. The smallest absolute Gasteiger partial charge is 0.0711 e. The van der Waals surface area contributed by atoms with Crippen LogP contribution in [0.4, 0.5) is 5.69 Å². The number of benzene rings is 4. The van der Waals surface area contributed by atoms with E-state index in [9.17, 15) is 0 Å². The SMILES string of the molecule is C1=CC2C3C4=c5c6c7c8c(ccc9c8c8c6c6c%10c(c(c%11ccc%12c1c3c(c56)c%12c%11%10)/C=N\9)C8)C1C=CC2C4C71. The summed E-state index contributed by atoms with van der Waals surface area (Å²) in [6, 6.07) is 9.74. The first-order valence-electron chi connectivity index (χ1n) is 14.9. The normalized spacial score (nSPS) is 31.9. The highest BCUT2D eigenvalue weighted by atomic mass is 14.7. The summed E-state index contributed by atoms with van der Waals surface area (Å²) in [5, 5.41) is 20.7. The topological polar surface area (TPSA) is 12.4 Å². The zero-order chi connectivity index (χ0) is 23.9. The van der Waals surface area contributed by atoms with Crippen molar-refractivity contribution in [2.24, 2.45) is 22.7 Å². The Labute approximate surface area is 221 Å². The molecule has 1 nitrogen and oxygen atoms in total. The minimum atomic E-state index is 0.512. The van der Waals surface area contributed by atoms with Gasteiger partial charge in [0.1, 0.15) is 0 Å². The van der Waals surface area contributed by atoms with Gasteiger partial charge < -0.3 is 0 Å². The minimum Gasteiger partial charge on any atom is -0.256 e. The van der Waals surface area contributed by atoms with E-state index in [1.165, 1.54) is 27.4 Å². The van der Waals surface area contributed by atoms with Crippen molar-refractivity contribution in [2.75, 3.05) is 0 Å².